The van der Waals surface area contributed by atoms with Crippen molar-refractivity contribution in [1.82, 2.24) is 0 Å². The summed E-state index contributed by atoms with van der Waals surface area (Å²) in [5.41, 5.74) is 0. The molecule has 0 rings (SSSR count). The van der Waals surface area contributed by atoms with E-state index in [4.69, 9.17) is 0 Å². The minimum absolute atomic E-state index is 0. The summed E-state index contributed by atoms with van der Waals surface area (Å²) >= 11 is 8.53. The first-order valence-electron chi connectivity index (χ1n) is 0.309. The molecule has 5 heavy (non-hydrogen) atoms. The van der Waals surface area contributed by atoms with E-state index in [1.807, 2.05) is 0 Å². The van der Waals surface area contributed by atoms with Crippen molar-refractivity contribution in [3.63, 3.8) is 0 Å². The summed E-state index contributed by atoms with van der Waals surface area (Å²) in [6.45, 7) is 0. The molecule has 0 fully saturated rings. The largest absolute Gasteiger partial charge is 0.166 e. The van der Waals surface area contributed by atoms with Crippen LogP contribution in [0.25, 0.3) is 0 Å². The maximum atomic E-state index is 4.26. The number of hydrogen-bond acceptors (Lipinski definition) is 1. The second-order valence-corrected chi connectivity index (χ2v) is 0.525. The van der Waals surface area contributed by atoms with Gasteiger partial charge in [-0.15, -0.1) is 12.4 Å². The van der Waals surface area contributed by atoms with E-state index in [2.05, 4.69) is 27.6 Å². The Hall–Kier alpha value is 1.35. The molecular weight excluding hydrogens is 186 g/mol. The first-order valence-corrected chi connectivity index (χ1v) is 0.926. The molecule has 1 radical (unpaired) electrons. The molecule has 0 spiro atoms. The molecule has 0 saturated carbocycles. The van der Waals surface area contributed by atoms with E-state index < -0.39 is 0 Å². The normalized spacial score (nSPS) is 3.60. The van der Waals surface area contributed by atoms with Crippen LogP contribution >= 0.6 is 36.1 Å². The fourth-order valence-electron chi connectivity index (χ4n) is 0. The minimum atomic E-state index is 0. The van der Waals surface area contributed by atoms with Crippen LogP contribution in [0, 0.1) is 0 Å². The molecule has 0 aromatic rings. The van der Waals surface area contributed by atoms with Crippen LogP contribution in [-0.2, 0) is 20.9 Å². The zero-order chi connectivity index (χ0) is 2.71. The van der Waals surface area contributed by atoms with Crippen LogP contribution in [0.5, 0.6) is 0 Å². The zero-order valence-corrected chi connectivity index (χ0v) is 5.14. The quantitative estimate of drug-likeness (QED) is 0.524. The minimum Gasteiger partial charge on any atom is -0.166 e. The second kappa shape index (κ2) is 18.3. The first-order chi connectivity index (χ1) is 1.41. The molecule has 0 heterocycles. The summed E-state index contributed by atoms with van der Waals surface area (Å²) in [7, 11) is 0. The summed E-state index contributed by atoms with van der Waals surface area (Å²) in [5, 5.41) is 0. The average Bonchev–Trinajstić information content (AvgIpc) is 0.918. The molecule has 0 saturated heterocycles. The van der Waals surface area contributed by atoms with Gasteiger partial charge in [-0.05, 0) is 0 Å². The van der Waals surface area contributed by atoms with Crippen LogP contribution in [0.15, 0.2) is 0 Å². The number of rotatable bonds is 0. The molecule has 0 bridgehead atoms. The van der Waals surface area contributed by atoms with Gasteiger partial charge < -0.3 is 0 Å². The van der Waals surface area contributed by atoms with E-state index >= 15 is 0 Å². The fourth-order valence-corrected chi connectivity index (χ4v) is 0. The Bertz CT molecular complexity index is 6.85. The number of halogens is 3. The Balaban J connectivity index is -0.0000000200. The van der Waals surface area contributed by atoms with Gasteiger partial charge in [-0.1, -0.05) is 0 Å². The van der Waals surface area contributed by atoms with Crippen molar-refractivity contribution < 1.29 is 20.9 Å². The van der Waals surface area contributed by atoms with Crippen molar-refractivity contribution in [2.24, 2.45) is 0 Å². The van der Waals surface area contributed by atoms with E-state index in [1.165, 1.54) is 0 Å². The van der Waals surface area contributed by atoms with Gasteiger partial charge in [-0.3, -0.25) is 0 Å². The number of hydrogen-bond donors (Lipinski definition) is 0. The molecule has 0 N–H and O–H groups in total. The van der Waals surface area contributed by atoms with Crippen molar-refractivity contribution in [2.45, 2.75) is 0 Å². The van der Waals surface area contributed by atoms with E-state index in [1.54, 1.807) is 0 Å². The molecule has 0 amide bonds. The van der Waals surface area contributed by atoms with Gasteiger partial charge in [0.05, 0.1) is 23.7 Å². The van der Waals surface area contributed by atoms with Gasteiger partial charge in [0.25, 0.3) is 0 Å². The van der Waals surface area contributed by atoms with E-state index in [0.717, 1.165) is 0 Å². The molecule has 0 unspecified atom stereocenters. The van der Waals surface area contributed by atoms with Gasteiger partial charge in [0.2, 0.25) is 0 Å². The summed E-state index contributed by atoms with van der Waals surface area (Å²) in [6.07, 6.45) is 0. The Kier molecular flexibility index (Phi) is 59.4. The smallest absolute Gasteiger partial charge is 0.0832 e. The first kappa shape index (κ1) is 16.2. The molecule has 5 heteroatoms. The van der Waals surface area contributed by atoms with Gasteiger partial charge in [-0.2, -0.15) is 3.84 Å². The van der Waals surface area contributed by atoms with Crippen LogP contribution in [-0.4, -0.2) is 0 Å². The van der Waals surface area contributed by atoms with Crippen LogP contribution in [0.3, 0.4) is 0 Å². The molecular formula is HCl3CuO. The van der Waals surface area contributed by atoms with Gasteiger partial charge in [0.1, 0.15) is 0 Å². The van der Waals surface area contributed by atoms with E-state index in [0.29, 0.717) is 0 Å². The topological polar surface area (TPSA) is 9.23 Å². The Morgan fingerprint density at radius 1 is 1.20 bits per heavy atom. The van der Waals surface area contributed by atoms with Gasteiger partial charge in [0, 0.05) is 17.1 Å². The molecule has 0 aliphatic rings. The SMILES string of the molecule is Cl.ClOCl.[Cu]. The third-order valence-corrected chi connectivity index (χ3v) is 0. The maximum Gasteiger partial charge on any atom is 0.0832 e. The third kappa shape index (κ3) is 33.0. The van der Waals surface area contributed by atoms with Gasteiger partial charge in [-0.25, -0.2) is 0 Å². The van der Waals surface area contributed by atoms with Crippen molar-refractivity contribution in [2.75, 3.05) is 0 Å². The van der Waals surface area contributed by atoms with Crippen molar-refractivity contribution in [3.8, 4) is 0 Å². The van der Waals surface area contributed by atoms with Crippen LogP contribution in [0.2, 0.25) is 0 Å². The molecule has 0 aromatic heterocycles. The summed E-state index contributed by atoms with van der Waals surface area (Å²) in [4.78, 5) is 0. The molecule has 0 aliphatic heterocycles. The predicted molar refractivity (Wildman–Crippen MR) is 20.0 cm³/mol. The summed E-state index contributed by atoms with van der Waals surface area (Å²) < 4.78 is 3.19. The standard InChI is InChI=1S/Cl2O.ClH.Cu/c1-3-2;;/h;1H;. The van der Waals surface area contributed by atoms with Gasteiger partial charge >= 0.3 is 0 Å². The Labute approximate surface area is 57.2 Å². The molecule has 39 valence electrons. The van der Waals surface area contributed by atoms with E-state index in [9.17, 15) is 0 Å². The van der Waals surface area contributed by atoms with Crippen molar-refractivity contribution in [3.05, 3.63) is 0 Å². The summed E-state index contributed by atoms with van der Waals surface area (Å²) in [5.74, 6) is 0. The molecule has 0 atom stereocenters. The van der Waals surface area contributed by atoms with Crippen LogP contribution in [0.1, 0.15) is 0 Å². The molecule has 0 aromatic carbocycles. The second-order valence-electron chi connectivity index (χ2n) is 0.0583. The predicted octanol–water partition coefficient (Wildman–Crippen LogP) is 1.73. The molecule has 1 nitrogen and oxygen atoms in total. The Morgan fingerprint density at radius 2 is 1.20 bits per heavy atom. The maximum absolute atomic E-state index is 4.26. The van der Waals surface area contributed by atoms with Gasteiger partial charge in [0.15, 0.2) is 0 Å². The summed E-state index contributed by atoms with van der Waals surface area (Å²) in [6, 6.07) is 0. The van der Waals surface area contributed by atoms with Crippen LogP contribution < -0.4 is 0 Å². The molecule has 0 aliphatic carbocycles. The van der Waals surface area contributed by atoms with Crippen molar-refractivity contribution in [1.29, 1.82) is 0 Å². The van der Waals surface area contributed by atoms with E-state index in [-0.39, 0.29) is 29.5 Å². The zero-order valence-electron chi connectivity index (χ0n) is 1.87. The Morgan fingerprint density at radius 3 is 1.20 bits per heavy atom. The third-order valence-electron chi connectivity index (χ3n) is 0. The average molecular weight is 187 g/mol. The monoisotopic (exact) mass is 185 g/mol. The van der Waals surface area contributed by atoms with Crippen LogP contribution in [0.4, 0.5) is 0 Å². The fraction of sp³-hybridized carbons (Fsp3) is 0. The van der Waals surface area contributed by atoms with Crippen molar-refractivity contribution >= 4 is 36.1 Å².